The number of hydrogen-bond acceptors (Lipinski definition) is 2. The molecule has 0 amide bonds. The van der Waals surface area contributed by atoms with Crippen LogP contribution in [0.3, 0.4) is 0 Å². The first-order chi connectivity index (χ1) is 18.1. The monoisotopic (exact) mass is 569 g/mol. The van der Waals surface area contributed by atoms with Gasteiger partial charge in [-0.1, -0.05) is 49.9 Å². The summed E-state index contributed by atoms with van der Waals surface area (Å²) in [5, 5.41) is 17.7. The SMILES string of the molecule is C.ClCc1ccc2c(c1)CCCC2.O=C(O)c1ccc2c(c1)CCCC2.OCc1ccc2c(c1)CCCC2.[B].[H-].[Na+]. The summed E-state index contributed by atoms with van der Waals surface area (Å²) in [6.45, 7) is 0.174. The van der Waals surface area contributed by atoms with E-state index in [1.807, 2.05) is 18.2 Å². The molecule has 0 saturated carbocycles. The molecule has 0 aliphatic heterocycles. The average molecular weight is 570 g/mol. The van der Waals surface area contributed by atoms with Gasteiger partial charge in [-0.3, -0.25) is 0 Å². The van der Waals surface area contributed by atoms with Gasteiger partial charge in [0.1, 0.15) is 0 Å². The summed E-state index contributed by atoms with van der Waals surface area (Å²) in [4.78, 5) is 10.7. The van der Waals surface area contributed by atoms with Gasteiger partial charge >= 0.3 is 35.5 Å². The summed E-state index contributed by atoms with van der Waals surface area (Å²) < 4.78 is 0. The number of hydrogen-bond donors (Lipinski definition) is 2. The number of alkyl halides is 1. The van der Waals surface area contributed by atoms with E-state index >= 15 is 0 Å². The van der Waals surface area contributed by atoms with Gasteiger partial charge in [-0.25, -0.2) is 4.79 Å². The quantitative estimate of drug-likeness (QED) is 0.345. The first-order valence-electron chi connectivity index (χ1n) is 13.8. The van der Waals surface area contributed by atoms with Gasteiger partial charge in [0.15, 0.2) is 0 Å². The van der Waals surface area contributed by atoms with Crippen LogP contribution in [0.2, 0.25) is 0 Å². The molecule has 3 aromatic rings. The van der Waals surface area contributed by atoms with Crippen molar-refractivity contribution in [3.05, 3.63) is 105 Å². The zero-order valence-corrected chi connectivity index (χ0v) is 26.1. The molecule has 3 aliphatic rings. The number of aliphatic hydroxyl groups excluding tert-OH is 1. The molecule has 40 heavy (non-hydrogen) atoms. The second kappa shape index (κ2) is 18.8. The molecule has 6 rings (SSSR count). The molecule has 3 radical (unpaired) electrons. The normalized spacial score (nSPS) is 14.3. The van der Waals surface area contributed by atoms with Crippen molar-refractivity contribution in [3.63, 3.8) is 0 Å². The second-order valence-corrected chi connectivity index (χ2v) is 10.7. The van der Waals surface area contributed by atoms with Crippen LogP contribution in [0.1, 0.15) is 102 Å². The number of aliphatic hydroxyl groups is 1. The maximum absolute atomic E-state index is 10.7. The van der Waals surface area contributed by atoms with Gasteiger partial charge in [0, 0.05) is 14.3 Å². The summed E-state index contributed by atoms with van der Waals surface area (Å²) in [5.74, 6) is -0.179. The molecule has 3 nitrogen and oxygen atoms in total. The van der Waals surface area contributed by atoms with Crippen LogP contribution >= 0.6 is 11.6 Å². The van der Waals surface area contributed by atoms with E-state index in [0.717, 1.165) is 18.4 Å². The predicted molar refractivity (Wildman–Crippen MR) is 165 cm³/mol. The third-order valence-corrected chi connectivity index (χ3v) is 8.07. The summed E-state index contributed by atoms with van der Waals surface area (Å²) in [6, 6.07) is 18.5. The Balaban J connectivity index is 0.000000559. The fourth-order valence-electron chi connectivity index (χ4n) is 5.62. The van der Waals surface area contributed by atoms with Crippen molar-refractivity contribution in [1.82, 2.24) is 0 Å². The van der Waals surface area contributed by atoms with Crippen LogP contribution < -0.4 is 29.6 Å². The zero-order valence-electron chi connectivity index (χ0n) is 24.4. The third kappa shape index (κ3) is 10.4. The Morgan fingerprint density at radius 3 is 1.45 bits per heavy atom. The number of fused-ring (bicyclic) bond motifs is 3. The van der Waals surface area contributed by atoms with Gasteiger partial charge in [-0.2, -0.15) is 0 Å². The molecule has 0 spiro atoms. The van der Waals surface area contributed by atoms with E-state index in [2.05, 4.69) is 30.3 Å². The smallest absolute Gasteiger partial charge is 1.00 e. The number of carbonyl (C=O) groups is 1. The van der Waals surface area contributed by atoms with Gasteiger partial charge < -0.3 is 11.6 Å². The van der Waals surface area contributed by atoms with Crippen molar-refractivity contribution in [2.75, 3.05) is 0 Å². The van der Waals surface area contributed by atoms with E-state index < -0.39 is 5.97 Å². The Bertz CT molecular complexity index is 1160. The average Bonchev–Trinajstić information content (AvgIpc) is 2.97. The fourth-order valence-corrected chi connectivity index (χ4v) is 5.79. The van der Waals surface area contributed by atoms with Gasteiger partial charge in [0.25, 0.3) is 0 Å². The molecule has 0 heterocycles. The molecular weight excluding hydrogens is 526 g/mol. The Morgan fingerprint density at radius 1 is 0.650 bits per heavy atom. The van der Waals surface area contributed by atoms with Crippen LogP contribution in [-0.2, 0) is 51.0 Å². The van der Waals surface area contributed by atoms with Crippen molar-refractivity contribution in [2.24, 2.45) is 0 Å². The molecule has 6 heteroatoms. The minimum atomic E-state index is -0.826. The van der Waals surface area contributed by atoms with E-state index in [-0.39, 0.29) is 53.4 Å². The summed E-state index contributed by atoms with van der Waals surface area (Å²) in [5.41, 5.74) is 11.3. The van der Waals surface area contributed by atoms with Gasteiger partial charge in [0.05, 0.1) is 12.2 Å². The van der Waals surface area contributed by atoms with Crippen molar-refractivity contribution in [2.45, 2.75) is 97.0 Å². The molecule has 2 N–H and O–H groups in total. The Labute approximate surface area is 272 Å². The molecule has 0 unspecified atom stereocenters. The molecule has 0 fully saturated rings. The van der Waals surface area contributed by atoms with E-state index in [1.54, 1.807) is 6.07 Å². The maximum Gasteiger partial charge on any atom is 1.00 e. The van der Waals surface area contributed by atoms with Gasteiger partial charge in [-0.05, 0) is 134 Å². The van der Waals surface area contributed by atoms with Gasteiger partial charge in [0.2, 0.25) is 0 Å². The number of aryl methyl sites for hydroxylation is 6. The fraction of sp³-hybridized carbons (Fsp3) is 0.441. The molecule has 3 aromatic carbocycles. The molecule has 3 aliphatic carbocycles. The number of carboxylic acids is 1. The molecule has 0 saturated heterocycles. The van der Waals surface area contributed by atoms with E-state index in [9.17, 15) is 4.79 Å². The number of carboxylic acid groups (broad SMARTS) is 1. The minimum Gasteiger partial charge on any atom is -1.00 e. The molecule has 0 bridgehead atoms. The molecule has 0 aromatic heterocycles. The van der Waals surface area contributed by atoms with Crippen LogP contribution in [0.15, 0.2) is 54.6 Å². The Kier molecular flexibility index (Phi) is 17.1. The number of halogens is 1. The standard InChI is InChI=1S/C11H13Cl.C11H12O2.C11H14O.CH4.B.Na.H/c12-8-9-5-6-10-3-1-2-4-11(10)7-9;12-11(13)10-6-5-8-3-1-2-4-9(8)7-10;12-8-9-5-6-10-3-1-2-4-11(10)7-9;;;;/h5-7H,1-4,8H2;5-7H,1-4H2,(H,12,13);5-7,12H,1-4,8H2;1H4;;;/q;;;;;+1;-1. The summed E-state index contributed by atoms with van der Waals surface area (Å²) >= 11 is 5.77. The third-order valence-electron chi connectivity index (χ3n) is 7.76. The minimum absolute atomic E-state index is 0. The van der Waals surface area contributed by atoms with E-state index in [0.29, 0.717) is 11.4 Å². The molecule has 0 atom stereocenters. The van der Waals surface area contributed by atoms with Crippen LogP contribution in [-0.4, -0.2) is 24.6 Å². The first-order valence-corrected chi connectivity index (χ1v) is 14.3. The zero-order chi connectivity index (χ0) is 26.0. The second-order valence-electron chi connectivity index (χ2n) is 10.4. The topological polar surface area (TPSA) is 57.5 Å². The van der Waals surface area contributed by atoms with Gasteiger partial charge in [-0.15, -0.1) is 11.6 Å². The van der Waals surface area contributed by atoms with Crippen LogP contribution in [0.5, 0.6) is 0 Å². The maximum atomic E-state index is 10.7. The number of benzene rings is 3. The van der Waals surface area contributed by atoms with Crippen LogP contribution in [0.4, 0.5) is 0 Å². The van der Waals surface area contributed by atoms with E-state index in [1.165, 1.54) is 103 Å². The largest absolute Gasteiger partial charge is 1.00 e. The van der Waals surface area contributed by atoms with Crippen LogP contribution in [0.25, 0.3) is 0 Å². The molecule has 209 valence electrons. The number of rotatable bonds is 3. The van der Waals surface area contributed by atoms with Crippen molar-refractivity contribution >= 4 is 26.0 Å². The van der Waals surface area contributed by atoms with Crippen molar-refractivity contribution in [3.8, 4) is 0 Å². The summed E-state index contributed by atoms with van der Waals surface area (Å²) in [6.07, 6.45) is 14.8. The van der Waals surface area contributed by atoms with Crippen molar-refractivity contribution in [1.29, 1.82) is 0 Å². The van der Waals surface area contributed by atoms with Crippen LogP contribution in [0, 0.1) is 0 Å². The van der Waals surface area contributed by atoms with E-state index in [4.69, 9.17) is 21.8 Å². The first kappa shape index (κ1) is 36.5. The Morgan fingerprint density at radius 2 is 1.02 bits per heavy atom. The summed E-state index contributed by atoms with van der Waals surface area (Å²) in [7, 11) is 0. The number of aromatic carboxylic acids is 1. The van der Waals surface area contributed by atoms with Crippen molar-refractivity contribution < 1.29 is 46.0 Å². The predicted octanol–water partition coefficient (Wildman–Crippen LogP) is 5.00. The Hall–Kier alpha value is -1.56. The molecular formula is C34H44BClNaO3.